The summed E-state index contributed by atoms with van der Waals surface area (Å²) >= 11 is 4.05. The van der Waals surface area contributed by atoms with E-state index in [-0.39, 0.29) is 30.1 Å². The number of H-pyrrole nitrogens is 1. The lowest BCUT2D eigenvalue weighted by atomic mass is 10.2. The van der Waals surface area contributed by atoms with Crippen molar-refractivity contribution in [3.63, 3.8) is 0 Å². The molecule has 0 unspecified atom stereocenters. The first-order valence-corrected chi connectivity index (χ1v) is 9.95. The molecule has 3 rings (SSSR count). The molecule has 0 radical (unpaired) electrons. The number of fused-ring (bicyclic) bond motifs is 1. The Morgan fingerprint density at radius 1 is 1.58 bits per heavy atom. The van der Waals surface area contributed by atoms with Gasteiger partial charge >= 0.3 is 0 Å². The van der Waals surface area contributed by atoms with Gasteiger partial charge in [-0.3, -0.25) is 14.3 Å². The molecule has 2 aromatic rings. The number of nitrogens with one attached hydrogen (secondary N) is 1. The molecule has 0 aliphatic carbocycles. The van der Waals surface area contributed by atoms with Crippen molar-refractivity contribution in [3.8, 4) is 0 Å². The monoisotopic (exact) mass is 379 g/mol. The molecule has 13 heteroatoms. The first kappa shape index (κ1) is 18.9. The minimum Gasteiger partial charge on any atom is -0.394 e. The summed E-state index contributed by atoms with van der Waals surface area (Å²) in [7, 11) is 0. The number of hydrogen-bond donors (Lipinski definition) is 6. The smallest absolute Gasteiger partial charge is 0.280 e. The molecular formula is C11H18N5O6PS. The SMILES string of the molecule is CP(O)(O)=S.Nc1nc2c(ncn2[C@H]2C[C@H](O)[C@@H](CO)O2)c(=O)[nH]1. The predicted molar refractivity (Wildman–Crippen MR) is 88.8 cm³/mol. The second-order valence-corrected chi connectivity index (χ2v) is 8.97. The molecule has 0 amide bonds. The maximum atomic E-state index is 11.6. The quantitative estimate of drug-likeness (QED) is 0.328. The molecule has 0 spiro atoms. The Morgan fingerprint density at radius 3 is 2.75 bits per heavy atom. The van der Waals surface area contributed by atoms with Gasteiger partial charge in [-0.1, -0.05) is 0 Å². The van der Waals surface area contributed by atoms with Crippen LogP contribution in [-0.4, -0.2) is 65.0 Å². The molecule has 0 bridgehead atoms. The molecule has 3 atom stereocenters. The third-order valence-corrected chi connectivity index (χ3v) is 3.15. The Balaban J connectivity index is 0.000000368. The minimum atomic E-state index is -2.81. The zero-order valence-electron chi connectivity index (χ0n) is 12.6. The van der Waals surface area contributed by atoms with Gasteiger partial charge in [0.25, 0.3) is 5.56 Å². The van der Waals surface area contributed by atoms with Crippen LogP contribution in [0.15, 0.2) is 11.1 Å². The molecule has 7 N–H and O–H groups in total. The van der Waals surface area contributed by atoms with Gasteiger partial charge in [0.2, 0.25) is 5.95 Å². The van der Waals surface area contributed by atoms with Gasteiger partial charge in [-0.2, -0.15) is 4.98 Å². The molecule has 24 heavy (non-hydrogen) atoms. The summed E-state index contributed by atoms with van der Waals surface area (Å²) in [5.74, 6) is -0.0171. The second-order valence-electron chi connectivity index (χ2n) is 5.23. The third kappa shape index (κ3) is 4.57. The average molecular weight is 379 g/mol. The summed E-state index contributed by atoms with van der Waals surface area (Å²) in [5.41, 5.74) is 5.50. The van der Waals surface area contributed by atoms with Crippen LogP contribution in [0.3, 0.4) is 0 Å². The van der Waals surface area contributed by atoms with Crippen LogP contribution in [0.2, 0.25) is 0 Å². The lowest BCUT2D eigenvalue weighted by molar-refractivity contribution is -0.0432. The Morgan fingerprint density at radius 2 is 2.21 bits per heavy atom. The maximum absolute atomic E-state index is 11.6. The fourth-order valence-corrected chi connectivity index (χ4v) is 2.20. The Kier molecular flexibility index (Phi) is 5.71. The van der Waals surface area contributed by atoms with E-state index in [2.05, 4.69) is 26.8 Å². The van der Waals surface area contributed by atoms with Crippen LogP contribution in [0.4, 0.5) is 5.95 Å². The van der Waals surface area contributed by atoms with Gasteiger partial charge in [-0.05, 0) is 11.8 Å². The van der Waals surface area contributed by atoms with Gasteiger partial charge in [-0.15, -0.1) is 0 Å². The molecule has 1 fully saturated rings. The molecule has 2 aromatic heterocycles. The van der Waals surface area contributed by atoms with Gasteiger partial charge in [0, 0.05) is 13.1 Å². The summed E-state index contributed by atoms with van der Waals surface area (Å²) in [4.78, 5) is 38.0. The first-order chi connectivity index (χ1) is 11.1. The predicted octanol–water partition coefficient (Wildman–Crippen LogP) is -1.75. The average Bonchev–Trinajstić information content (AvgIpc) is 3.00. The van der Waals surface area contributed by atoms with Gasteiger partial charge < -0.3 is 30.5 Å². The standard InChI is InChI=1S/C10H13N5O4.CH5O2PS/c11-10-13-8-7(9(18)14-10)12-3-15(8)6-1-4(17)5(2-16)19-6;1-4(2,3)5/h3-6,16-17H,1-2H2,(H3,11,13,14,18);1H3,(H2,2,3,5)/t4-,5+,6+;/m0./s1. The van der Waals surface area contributed by atoms with E-state index in [4.69, 9.17) is 25.4 Å². The van der Waals surface area contributed by atoms with E-state index in [0.717, 1.165) is 0 Å². The number of aromatic amines is 1. The number of aliphatic hydroxyl groups excluding tert-OH is 2. The number of nitrogen functional groups attached to an aromatic ring is 1. The highest BCUT2D eigenvalue weighted by Gasteiger charge is 2.35. The van der Waals surface area contributed by atoms with E-state index < -0.39 is 30.5 Å². The number of anilines is 1. The summed E-state index contributed by atoms with van der Waals surface area (Å²) in [5, 5.41) is 18.8. The zero-order valence-corrected chi connectivity index (χ0v) is 14.3. The highest BCUT2D eigenvalue weighted by molar-refractivity contribution is 8.08. The van der Waals surface area contributed by atoms with Crippen molar-refractivity contribution in [2.45, 2.75) is 24.9 Å². The molecule has 1 aliphatic heterocycles. The molecule has 3 heterocycles. The summed E-state index contributed by atoms with van der Waals surface area (Å²) in [6.07, 6.45) is -0.270. The van der Waals surface area contributed by atoms with E-state index in [9.17, 15) is 9.90 Å². The van der Waals surface area contributed by atoms with Crippen molar-refractivity contribution in [3.05, 3.63) is 16.7 Å². The van der Waals surface area contributed by atoms with Crippen molar-refractivity contribution in [1.82, 2.24) is 19.5 Å². The summed E-state index contributed by atoms with van der Waals surface area (Å²) < 4.78 is 7.01. The Labute approximate surface area is 140 Å². The van der Waals surface area contributed by atoms with Crippen LogP contribution in [0, 0.1) is 0 Å². The normalized spacial score (nSPS) is 24.0. The number of nitrogens with zero attached hydrogens (tertiary/aromatic N) is 3. The van der Waals surface area contributed by atoms with Crippen molar-refractivity contribution in [2.75, 3.05) is 19.0 Å². The van der Waals surface area contributed by atoms with Crippen LogP contribution in [-0.2, 0) is 16.5 Å². The van der Waals surface area contributed by atoms with Crippen molar-refractivity contribution < 1.29 is 24.7 Å². The Hall–Kier alpha value is -1.40. The number of nitrogens with two attached hydrogens (primary N) is 1. The molecule has 1 aliphatic rings. The number of aliphatic hydroxyl groups is 2. The first-order valence-electron chi connectivity index (χ1n) is 6.80. The van der Waals surface area contributed by atoms with E-state index in [1.165, 1.54) is 17.6 Å². The van der Waals surface area contributed by atoms with E-state index in [1.54, 1.807) is 0 Å². The maximum Gasteiger partial charge on any atom is 0.280 e. The van der Waals surface area contributed by atoms with Gasteiger partial charge in [0.05, 0.1) is 19.0 Å². The number of imidazole rings is 1. The van der Waals surface area contributed by atoms with Gasteiger partial charge in [0.1, 0.15) is 12.3 Å². The number of aromatic nitrogens is 4. The molecule has 134 valence electrons. The Bertz CT molecular complexity index is 811. The highest BCUT2D eigenvalue weighted by atomic mass is 32.5. The fourth-order valence-electron chi connectivity index (χ4n) is 2.20. The lowest BCUT2D eigenvalue weighted by Crippen LogP contribution is -2.24. The molecule has 0 saturated carbocycles. The van der Waals surface area contributed by atoms with Crippen molar-refractivity contribution in [1.29, 1.82) is 0 Å². The molecule has 11 nitrogen and oxygen atoms in total. The highest BCUT2D eigenvalue weighted by Crippen LogP contribution is 2.30. The number of ether oxygens (including phenoxy) is 1. The number of hydrogen-bond acceptors (Lipinski definition) is 8. The van der Waals surface area contributed by atoms with E-state index in [0.29, 0.717) is 0 Å². The number of rotatable bonds is 2. The molecule has 1 saturated heterocycles. The van der Waals surface area contributed by atoms with Crippen LogP contribution >= 0.6 is 6.49 Å². The van der Waals surface area contributed by atoms with Crippen LogP contribution in [0.25, 0.3) is 11.2 Å². The van der Waals surface area contributed by atoms with Crippen LogP contribution < -0.4 is 11.3 Å². The van der Waals surface area contributed by atoms with Gasteiger partial charge in [0.15, 0.2) is 17.7 Å². The van der Waals surface area contributed by atoms with Crippen LogP contribution in [0.1, 0.15) is 12.6 Å². The topological polar surface area (TPSA) is 180 Å². The fraction of sp³-hybridized carbons (Fsp3) is 0.545. The minimum absolute atomic E-state index is 0.0171. The summed E-state index contributed by atoms with van der Waals surface area (Å²) in [6, 6.07) is 0. The zero-order chi connectivity index (χ0) is 18.1. The van der Waals surface area contributed by atoms with Gasteiger partial charge in [-0.25, -0.2) is 4.98 Å². The second kappa shape index (κ2) is 7.23. The summed E-state index contributed by atoms with van der Waals surface area (Å²) in [6.45, 7) is -1.86. The lowest BCUT2D eigenvalue weighted by Gasteiger charge is -2.13. The van der Waals surface area contributed by atoms with Crippen molar-refractivity contribution in [2.24, 2.45) is 0 Å². The third-order valence-electron chi connectivity index (χ3n) is 3.15. The molecule has 0 aromatic carbocycles. The molecular weight excluding hydrogens is 361 g/mol. The van der Waals surface area contributed by atoms with E-state index in [1.807, 2.05) is 0 Å². The van der Waals surface area contributed by atoms with Crippen molar-refractivity contribution >= 4 is 35.4 Å². The van der Waals surface area contributed by atoms with Crippen LogP contribution in [0.5, 0.6) is 0 Å². The largest absolute Gasteiger partial charge is 0.394 e. The van der Waals surface area contributed by atoms with E-state index >= 15 is 0 Å².